The van der Waals surface area contributed by atoms with Crippen LogP contribution in [0.1, 0.15) is 38.3 Å². The van der Waals surface area contributed by atoms with E-state index in [1.54, 1.807) is 4.90 Å². The summed E-state index contributed by atoms with van der Waals surface area (Å²) in [6, 6.07) is 21.1. The third kappa shape index (κ3) is 5.88. The van der Waals surface area contributed by atoms with E-state index in [9.17, 15) is 9.59 Å². The Hall–Kier alpha value is -3.34. The molecular weight excluding hydrogens is 400 g/mol. The first-order valence-corrected chi connectivity index (χ1v) is 11.1. The molecule has 0 heterocycles. The molecule has 0 aliphatic rings. The van der Waals surface area contributed by atoms with Gasteiger partial charge in [0.2, 0.25) is 5.91 Å². The molecule has 0 saturated heterocycles. The Morgan fingerprint density at radius 2 is 1.66 bits per heavy atom. The van der Waals surface area contributed by atoms with E-state index < -0.39 is 6.04 Å². The number of fused-ring (bicyclic) bond motifs is 1. The molecule has 3 rings (SSSR count). The summed E-state index contributed by atoms with van der Waals surface area (Å²) in [5.74, 6) is 0.295. The average molecular weight is 433 g/mol. The molecule has 168 valence electrons. The monoisotopic (exact) mass is 432 g/mol. The smallest absolute Gasteiger partial charge is 0.261 e. The molecule has 0 aromatic heterocycles. The van der Waals surface area contributed by atoms with Crippen LogP contribution in [0.25, 0.3) is 10.8 Å². The van der Waals surface area contributed by atoms with Gasteiger partial charge in [-0.25, -0.2) is 0 Å². The van der Waals surface area contributed by atoms with Crippen molar-refractivity contribution in [1.29, 1.82) is 0 Å². The molecule has 2 amide bonds. The van der Waals surface area contributed by atoms with Gasteiger partial charge in [-0.3, -0.25) is 9.59 Å². The number of ether oxygens (including phenoxy) is 1. The van der Waals surface area contributed by atoms with E-state index in [1.165, 1.54) is 0 Å². The molecule has 0 aliphatic carbocycles. The van der Waals surface area contributed by atoms with Crippen molar-refractivity contribution < 1.29 is 14.3 Å². The molecule has 5 nitrogen and oxygen atoms in total. The summed E-state index contributed by atoms with van der Waals surface area (Å²) in [5, 5.41) is 4.96. The van der Waals surface area contributed by atoms with Crippen LogP contribution in [0.2, 0.25) is 0 Å². The highest BCUT2D eigenvalue weighted by Gasteiger charge is 2.29. The van der Waals surface area contributed by atoms with E-state index in [1.807, 2.05) is 94.4 Å². The van der Waals surface area contributed by atoms with Gasteiger partial charge in [-0.05, 0) is 44.2 Å². The molecule has 32 heavy (non-hydrogen) atoms. The second kappa shape index (κ2) is 10.8. The van der Waals surface area contributed by atoms with Gasteiger partial charge in [0.25, 0.3) is 5.91 Å². The summed E-state index contributed by atoms with van der Waals surface area (Å²) in [6.07, 6.45) is 0.518. The molecule has 0 bridgehead atoms. The summed E-state index contributed by atoms with van der Waals surface area (Å²) in [7, 11) is 0. The normalized spacial score (nSPS) is 11.9. The highest BCUT2D eigenvalue weighted by atomic mass is 16.5. The summed E-state index contributed by atoms with van der Waals surface area (Å²) >= 11 is 0. The predicted octanol–water partition coefficient (Wildman–Crippen LogP) is 4.86. The molecule has 0 radical (unpaired) electrons. The van der Waals surface area contributed by atoms with Crippen LogP contribution >= 0.6 is 0 Å². The van der Waals surface area contributed by atoms with Crippen LogP contribution < -0.4 is 10.1 Å². The zero-order valence-corrected chi connectivity index (χ0v) is 19.3. The van der Waals surface area contributed by atoms with Crippen molar-refractivity contribution in [2.75, 3.05) is 6.61 Å². The number of nitrogens with one attached hydrogen (secondary N) is 1. The van der Waals surface area contributed by atoms with Gasteiger partial charge in [0.05, 0.1) is 0 Å². The molecular formula is C27H32N2O3. The molecule has 3 aromatic rings. The summed E-state index contributed by atoms with van der Waals surface area (Å²) in [6.45, 7) is 8.00. The third-order valence-corrected chi connectivity index (χ3v) is 5.39. The predicted molar refractivity (Wildman–Crippen MR) is 129 cm³/mol. The van der Waals surface area contributed by atoms with Gasteiger partial charge in [0, 0.05) is 18.0 Å². The molecule has 0 fully saturated rings. The Bertz CT molecular complexity index is 1050. The number of aryl methyl sites for hydroxylation is 1. The molecule has 1 atom stereocenters. The lowest BCUT2D eigenvalue weighted by atomic mass is 10.1. The Balaban J connectivity index is 1.82. The number of hydrogen-bond acceptors (Lipinski definition) is 3. The van der Waals surface area contributed by atoms with E-state index in [2.05, 4.69) is 5.32 Å². The van der Waals surface area contributed by atoms with Crippen molar-refractivity contribution in [2.24, 2.45) is 0 Å². The zero-order valence-electron chi connectivity index (χ0n) is 19.3. The molecule has 0 unspecified atom stereocenters. The summed E-state index contributed by atoms with van der Waals surface area (Å²) < 4.78 is 5.95. The minimum absolute atomic E-state index is 0.000176. The third-order valence-electron chi connectivity index (χ3n) is 5.39. The van der Waals surface area contributed by atoms with Crippen molar-refractivity contribution in [3.05, 3.63) is 77.9 Å². The van der Waals surface area contributed by atoms with Crippen LogP contribution in [-0.2, 0) is 16.1 Å². The standard InChI is InChI=1S/C27H32N2O3/c1-5-24(27(31)28-19(2)3)29(17-21-15-13-20(4)14-16-21)26(30)18-32-25-12-8-10-22-9-6-7-11-23(22)25/h6-16,19,24H,5,17-18H2,1-4H3,(H,28,31)/t24-/m0/s1. The number of carbonyl (C=O) groups excluding carboxylic acids is 2. The molecule has 5 heteroatoms. The van der Waals surface area contributed by atoms with Crippen LogP contribution in [0, 0.1) is 6.92 Å². The number of hydrogen-bond donors (Lipinski definition) is 1. The fraction of sp³-hybridized carbons (Fsp3) is 0.333. The lowest BCUT2D eigenvalue weighted by Crippen LogP contribution is -2.51. The Kier molecular flexibility index (Phi) is 7.87. The number of amides is 2. The second-order valence-corrected chi connectivity index (χ2v) is 8.36. The van der Waals surface area contributed by atoms with Crippen LogP contribution in [0.15, 0.2) is 66.7 Å². The summed E-state index contributed by atoms with van der Waals surface area (Å²) in [5.41, 5.74) is 2.13. The van der Waals surface area contributed by atoms with Crippen LogP contribution in [0.4, 0.5) is 0 Å². The van der Waals surface area contributed by atoms with Gasteiger partial charge < -0.3 is 15.0 Å². The van der Waals surface area contributed by atoms with E-state index in [0.717, 1.165) is 21.9 Å². The minimum Gasteiger partial charge on any atom is -0.483 e. The Morgan fingerprint density at radius 3 is 2.34 bits per heavy atom. The van der Waals surface area contributed by atoms with Crippen molar-refractivity contribution in [1.82, 2.24) is 10.2 Å². The highest BCUT2D eigenvalue weighted by Crippen LogP contribution is 2.25. The Labute approximate surface area is 190 Å². The molecule has 0 spiro atoms. The first kappa shape index (κ1) is 23.3. The van der Waals surface area contributed by atoms with E-state index >= 15 is 0 Å². The summed E-state index contributed by atoms with van der Waals surface area (Å²) in [4.78, 5) is 27.8. The largest absolute Gasteiger partial charge is 0.483 e. The van der Waals surface area contributed by atoms with Crippen LogP contribution in [-0.4, -0.2) is 35.4 Å². The van der Waals surface area contributed by atoms with Crippen molar-refractivity contribution in [3.8, 4) is 5.75 Å². The molecule has 1 N–H and O–H groups in total. The molecule has 0 aliphatic heterocycles. The Morgan fingerprint density at radius 1 is 0.969 bits per heavy atom. The minimum atomic E-state index is -0.567. The maximum absolute atomic E-state index is 13.3. The fourth-order valence-electron chi connectivity index (χ4n) is 3.73. The van der Waals surface area contributed by atoms with Crippen molar-refractivity contribution >= 4 is 22.6 Å². The maximum atomic E-state index is 13.3. The van der Waals surface area contributed by atoms with Gasteiger partial charge >= 0.3 is 0 Å². The number of rotatable bonds is 9. The molecule has 3 aromatic carbocycles. The molecule has 0 saturated carbocycles. The number of carbonyl (C=O) groups is 2. The van der Waals surface area contributed by atoms with Crippen LogP contribution in [0.5, 0.6) is 5.75 Å². The van der Waals surface area contributed by atoms with E-state index in [4.69, 9.17) is 4.74 Å². The average Bonchev–Trinajstić information content (AvgIpc) is 2.78. The first-order chi connectivity index (χ1) is 15.4. The lowest BCUT2D eigenvalue weighted by molar-refractivity contribution is -0.143. The zero-order chi connectivity index (χ0) is 23.1. The van der Waals surface area contributed by atoms with E-state index in [-0.39, 0.29) is 24.5 Å². The van der Waals surface area contributed by atoms with E-state index in [0.29, 0.717) is 18.7 Å². The second-order valence-electron chi connectivity index (χ2n) is 8.36. The number of benzene rings is 3. The lowest BCUT2D eigenvalue weighted by Gasteiger charge is -2.31. The van der Waals surface area contributed by atoms with Crippen LogP contribution in [0.3, 0.4) is 0 Å². The maximum Gasteiger partial charge on any atom is 0.261 e. The highest BCUT2D eigenvalue weighted by molar-refractivity contribution is 5.90. The van der Waals surface area contributed by atoms with Gasteiger partial charge in [0.1, 0.15) is 11.8 Å². The fourth-order valence-corrected chi connectivity index (χ4v) is 3.73. The topological polar surface area (TPSA) is 58.6 Å². The van der Waals surface area contributed by atoms with Gasteiger partial charge in [-0.1, -0.05) is 73.2 Å². The van der Waals surface area contributed by atoms with Gasteiger partial charge in [-0.15, -0.1) is 0 Å². The SMILES string of the molecule is CC[C@@H](C(=O)NC(C)C)N(Cc1ccc(C)cc1)C(=O)COc1cccc2ccccc12. The number of nitrogens with zero attached hydrogens (tertiary/aromatic N) is 1. The quantitative estimate of drug-likeness (QED) is 0.525. The van der Waals surface area contributed by atoms with Gasteiger partial charge in [0.15, 0.2) is 6.61 Å². The van der Waals surface area contributed by atoms with Gasteiger partial charge in [-0.2, -0.15) is 0 Å². The van der Waals surface area contributed by atoms with Crippen molar-refractivity contribution in [2.45, 2.75) is 52.7 Å². The first-order valence-electron chi connectivity index (χ1n) is 11.1. The van der Waals surface area contributed by atoms with Crippen molar-refractivity contribution in [3.63, 3.8) is 0 Å².